The maximum Gasteiger partial charge on any atom is 0.356 e. The van der Waals surface area contributed by atoms with Crippen molar-refractivity contribution in [1.29, 1.82) is 0 Å². The van der Waals surface area contributed by atoms with Crippen molar-refractivity contribution in [3.8, 4) is 0 Å². The Labute approximate surface area is 99.7 Å². The van der Waals surface area contributed by atoms with Crippen molar-refractivity contribution in [2.24, 2.45) is 0 Å². The number of nitrogens with zero attached hydrogens (tertiary/aromatic N) is 2. The molecule has 94 valence electrons. The van der Waals surface area contributed by atoms with Crippen molar-refractivity contribution in [3.63, 3.8) is 0 Å². The van der Waals surface area contributed by atoms with Crippen LogP contribution in [0.15, 0.2) is 12.1 Å². The van der Waals surface area contributed by atoms with Crippen molar-refractivity contribution in [3.05, 3.63) is 17.8 Å². The number of aromatic nitrogens is 2. The summed E-state index contributed by atoms with van der Waals surface area (Å²) in [6.07, 6.45) is 1.40. The molecule has 0 saturated carbocycles. The first-order valence-corrected chi connectivity index (χ1v) is 5.47. The molecule has 1 heterocycles. The summed E-state index contributed by atoms with van der Waals surface area (Å²) >= 11 is 0. The number of anilines is 1. The van der Waals surface area contributed by atoms with Crippen LogP contribution < -0.4 is 5.32 Å². The lowest BCUT2D eigenvalue weighted by Crippen LogP contribution is -2.35. The van der Waals surface area contributed by atoms with Gasteiger partial charge in [0.2, 0.25) is 0 Å². The highest BCUT2D eigenvalue weighted by Crippen LogP contribution is 2.19. The summed E-state index contributed by atoms with van der Waals surface area (Å²) < 4.78 is 0. The normalized spacial score (nSPS) is 14.1. The second-order valence-electron chi connectivity index (χ2n) is 4.12. The van der Waals surface area contributed by atoms with E-state index in [-0.39, 0.29) is 17.8 Å². The minimum absolute atomic E-state index is 0.0813. The van der Waals surface area contributed by atoms with Crippen LogP contribution in [0.5, 0.6) is 0 Å². The van der Waals surface area contributed by atoms with Crippen molar-refractivity contribution >= 4 is 11.8 Å². The molecule has 0 saturated heterocycles. The van der Waals surface area contributed by atoms with E-state index < -0.39 is 5.97 Å². The molecule has 1 aromatic heterocycles. The Morgan fingerprint density at radius 3 is 2.59 bits per heavy atom. The first-order valence-electron chi connectivity index (χ1n) is 5.47. The van der Waals surface area contributed by atoms with E-state index in [2.05, 4.69) is 15.5 Å². The van der Waals surface area contributed by atoms with Crippen LogP contribution >= 0.6 is 0 Å². The number of carboxylic acid groups (broad SMARTS) is 1. The largest absolute Gasteiger partial charge is 0.476 e. The molecule has 6 heteroatoms. The fraction of sp³-hybridized carbons (Fsp3) is 0.545. The van der Waals surface area contributed by atoms with Gasteiger partial charge in [0.15, 0.2) is 5.69 Å². The molecule has 3 N–H and O–H groups in total. The molecular weight excluding hydrogens is 222 g/mol. The van der Waals surface area contributed by atoms with Gasteiger partial charge < -0.3 is 15.5 Å². The molecule has 0 spiro atoms. The number of aromatic carboxylic acids is 1. The number of hydrogen-bond donors (Lipinski definition) is 3. The zero-order chi connectivity index (χ0) is 12.9. The first kappa shape index (κ1) is 13.4. The van der Waals surface area contributed by atoms with Crippen LogP contribution in [0, 0.1) is 0 Å². The predicted molar refractivity (Wildman–Crippen MR) is 63.0 cm³/mol. The van der Waals surface area contributed by atoms with Gasteiger partial charge >= 0.3 is 5.97 Å². The zero-order valence-electron chi connectivity index (χ0n) is 9.97. The van der Waals surface area contributed by atoms with Gasteiger partial charge in [-0.2, -0.15) is 0 Å². The lowest BCUT2D eigenvalue weighted by atomic mass is 9.95. The van der Waals surface area contributed by atoms with Gasteiger partial charge in [-0.25, -0.2) is 4.79 Å². The molecule has 0 aliphatic carbocycles. The van der Waals surface area contributed by atoms with E-state index in [9.17, 15) is 4.79 Å². The monoisotopic (exact) mass is 239 g/mol. The zero-order valence-corrected chi connectivity index (χ0v) is 9.97. The summed E-state index contributed by atoms with van der Waals surface area (Å²) in [4.78, 5) is 10.6. The first-order chi connectivity index (χ1) is 8.00. The quantitative estimate of drug-likeness (QED) is 0.689. The van der Waals surface area contributed by atoms with Gasteiger partial charge in [0, 0.05) is 12.1 Å². The Morgan fingerprint density at radius 1 is 1.47 bits per heavy atom. The minimum atomic E-state index is -1.10. The standard InChI is InChI=1S/C11H17N3O3/c1-3-11(2,6-7-15)12-9-5-4-8(10(16)17)13-14-9/h4-5,15H,3,6-7H2,1-2H3,(H,12,14)(H,16,17). The molecule has 0 radical (unpaired) electrons. The van der Waals surface area contributed by atoms with Crippen LogP contribution in [0.4, 0.5) is 5.82 Å². The molecule has 17 heavy (non-hydrogen) atoms. The topological polar surface area (TPSA) is 95.3 Å². The molecule has 0 fully saturated rings. The smallest absolute Gasteiger partial charge is 0.356 e. The molecule has 0 aliphatic heterocycles. The van der Waals surface area contributed by atoms with Crippen molar-refractivity contribution in [2.45, 2.75) is 32.2 Å². The molecule has 1 aromatic rings. The van der Waals surface area contributed by atoms with Gasteiger partial charge in [0.05, 0.1) is 0 Å². The SMILES string of the molecule is CCC(C)(CCO)Nc1ccc(C(=O)O)nn1. The summed E-state index contributed by atoms with van der Waals surface area (Å²) in [6.45, 7) is 4.05. The highest BCUT2D eigenvalue weighted by molar-refractivity contribution is 5.85. The van der Waals surface area contributed by atoms with Gasteiger partial charge in [0.1, 0.15) is 5.82 Å². The number of aliphatic hydroxyl groups is 1. The van der Waals surface area contributed by atoms with Gasteiger partial charge in [-0.1, -0.05) is 6.92 Å². The highest BCUT2D eigenvalue weighted by Gasteiger charge is 2.21. The number of nitrogens with one attached hydrogen (secondary N) is 1. The lowest BCUT2D eigenvalue weighted by Gasteiger charge is -2.29. The lowest BCUT2D eigenvalue weighted by molar-refractivity contribution is 0.0689. The summed E-state index contributed by atoms with van der Waals surface area (Å²) in [6, 6.07) is 2.97. The average molecular weight is 239 g/mol. The van der Waals surface area contributed by atoms with Crippen molar-refractivity contribution < 1.29 is 15.0 Å². The molecule has 0 aromatic carbocycles. The minimum Gasteiger partial charge on any atom is -0.476 e. The number of aliphatic hydroxyl groups excluding tert-OH is 1. The van der Waals surface area contributed by atoms with E-state index in [4.69, 9.17) is 10.2 Å². The van der Waals surface area contributed by atoms with Gasteiger partial charge in [-0.3, -0.25) is 0 Å². The molecule has 1 rings (SSSR count). The number of carbonyl (C=O) groups is 1. The van der Waals surface area contributed by atoms with Crippen LogP contribution in [0.25, 0.3) is 0 Å². The van der Waals surface area contributed by atoms with Crippen LogP contribution in [0.1, 0.15) is 37.2 Å². The Morgan fingerprint density at radius 2 is 2.18 bits per heavy atom. The van der Waals surface area contributed by atoms with E-state index in [0.29, 0.717) is 12.2 Å². The fourth-order valence-corrected chi connectivity index (χ4v) is 1.40. The van der Waals surface area contributed by atoms with Crippen LogP contribution in [0.2, 0.25) is 0 Å². The van der Waals surface area contributed by atoms with Crippen molar-refractivity contribution in [2.75, 3.05) is 11.9 Å². The third kappa shape index (κ3) is 3.67. The van der Waals surface area contributed by atoms with E-state index in [1.165, 1.54) is 6.07 Å². The number of carboxylic acids is 1. The summed E-state index contributed by atoms with van der Waals surface area (Å²) in [5.74, 6) is -0.592. The fourth-order valence-electron chi connectivity index (χ4n) is 1.40. The molecule has 0 aliphatic rings. The molecular formula is C11H17N3O3. The molecule has 0 amide bonds. The Kier molecular flexibility index (Phi) is 4.39. The summed E-state index contributed by atoms with van der Waals surface area (Å²) in [5.41, 5.74) is -0.357. The third-order valence-corrected chi connectivity index (χ3v) is 2.76. The molecule has 6 nitrogen and oxygen atoms in total. The molecule has 1 unspecified atom stereocenters. The predicted octanol–water partition coefficient (Wildman–Crippen LogP) is 1.14. The number of hydrogen-bond acceptors (Lipinski definition) is 5. The summed E-state index contributed by atoms with van der Waals surface area (Å²) in [5, 5.41) is 28.2. The van der Waals surface area contributed by atoms with Gasteiger partial charge in [-0.05, 0) is 31.9 Å². The summed E-state index contributed by atoms with van der Waals surface area (Å²) in [7, 11) is 0. The van der Waals surface area contributed by atoms with Gasteiger partial charge in [0.25, 0.3) is 0 Å². The van der Waals surface area contributed by atoms with Crippen LogP contribution in [-0.2, 0) is 0 Å². The highest BCUT2D eigenvalue weighted by atomic mass is 16.4. The Balaban J connectivity index is 2.77. The Bertz CT molecular complexity index is 380. The van der Waals surface area contributed by atoms with Crippen LogP contribution in [-0.4, -0.2) is 38.5 Å². The molecule has 1 atom stereocenters. The van der Waals surface area contributed by atoms with E-state index >= 15 is 0 Å². The second kappa shape index (κ2) is 5.58. The van der Waals surface area contributed by atoms with Crippen LogP contribution in [0.3, 0.4) is 0 Å². The van der Waals surface area contributed by atoms with E-state index in [1.807, 2.05) is 13.8 Å². The van der Waals surface area contributed by atoms with E-state index in [0.717, 1.165) is 6.42 Å². The second-order valence-corrected chi connectivity index (χ2v) is 4.12. The maximum atomic E-state index is 10.6. The maximum absolute atomic E-state index is 10.6. The average Bonchev–Trinajstić information content (AvgIpc) is 2.30. The van der Waals surface area contributed by atoms with Crippen molar-refractivity contribution in [1.82, 2.24) is 10.2 Å². The Hall–Kier alpha value is -1.69. The molecule has 0 bridgehead atoms. The third-order valence-electron chi connectivity index (χ3n) is 2.76. The van der Waals surface area contributed by atoms with Gasteiger partial charge in [-0.15, -0.1) is 10.2 Å². The van der Waals surface area contributed by atoms with E-state index in [1.54, 1.807) is 6.07 Å². The number of rotatable bonds is 6.